The van der Waals surface area contributed by atoms with Crippen LogP contribution in [-0.2, 0) is 73.6 Å². The Hall–Kier alpha value is -8.14. The van der Waals surface area contributed by atoms with Crippen LogP contribution in [0, 0.1) is 17.8 Å². The smallest absolute Gasteiger partial charge is 0.305 e. The second-order valence-electron chi connectivity index (χ2n) is 24.9. The SMILES string of the molecule is CCC(C)[C@H](NC(=O)[C@H](Cc1cnc[nH]1)NC(=O)[C@@H]1CSSC[C@H](NC(=O)[C@H](Cc2cnc[nH]2)NC(=O)[C@@H](N)Cc2ccccc2)C(=O)N2CCC[C@H]2C(=O)N[C@@H](Cc2ccc(O)cc2)C(=O)N[C@@H](CC(=O)O)C(=O)N[C@@H](CC(C)C)C(O)N1)C(=O)N[C@@H](CC(C)C)[C@@H](N)O. The van der Waals surface area contributed by atoms with Gasteiger partial charge < -0.3 is 89.3 Å². The third-order valence-corrected chi connectivity index (χ3v) is 18.7. The lowest BCUT2D eigenvalue weighted by Crippen LogP contribution is -2.63. The number of H-pyrrole nitrogens is 2. The van der Waals surface area contributed by atoms with Crippen molar-refractivity contribution in [2.24, 2.45) is 29.2 Å². The van der Waals surface area contributed by atoms with Crippen LogP contribution in [0.2, 0.25) is 0 Å². The van der Waals surface area contributed by atoms with E-state index in [0.717, 1.165) is 27.2 Å². The molecular formula is C63H92N16O14S2. The molecule has 9 amide bonds. The minimum Gasteiger partial charge on any atom is -0.508 e. The molecule has 32 heteroatoms. The number of carboxylic acid groups (broad SMARTS) is 1. The first-order valence-corrected chi connectivity index (χ1v) is 34.3. The highest BCUT2D eigenvalue weighted by Gasteiger charge is 2.42. The van der Waals surface area contributed by atoms with E-state index in [0.29, 0.717) is 29.8 Å². The van der Waals surface area contributed by atoms with Crippen molar-refractivity contribution >= 4 is 80.7 Å². The molecule has 0 spiro atoms. The number of imidazole rings is 2. The van der Waals surface area contributed by atoms with Crippen LogP contribution in [0.4, 0.5) is 0 Å². The number of phenols is 1. The Morgan fingerprint density at radius 1 is 0.716 bits per heavy atom. The molecule has 19 N–H and O–H groups in total. The van der Waals surface area contributed by atoms with E-state index in [1.165, 1.54) is 54.2 Å². The number of aromatic amines is 2. The van der Waals surface area contributed by atoms with Crippen LogP contribution < -0.4 is 59.3 Å². The number of nitrogens with one attached hydrogen (secondary N) is 11. The number of aliphatic hydroxyl groups excluding tert-OH is 2. The maximum Gasteiger partial charge on any atom is 0.305 e. The van der Waals surface area contributed by atoms with Crippen LogP contribution in [0.15, 0.2) is 79.6 Å². The van der Waals surface area contributed by atoms with Gasteiger partial charge in [-0.05, 0) is 73.1 Å². The first-order chi connectivity index (χ1) is 45.2. The van der Waals surface area contributed by atoms with Crippen molar-refractivity contribution in [3.05, 3.63) is 102 Å². The Morgan fingerprint density at radius 3 is 1.93 bits per heavy atom. The number of rotatable bonds is 27. The fourth-order valence-corrected chi connectivity index (χ4v) is 13.3. The summed E-state index contributed by atoms with van der Waals surface area (Å²) in [5.74, 6) is -10.4. The van der Waals surface area contributed by atoms with E-state index in [1.54, 1.807) is 45.0 Å². The average Bonchev–Trinajstić information content (AvgIpc) is 1.79. The fraction of sp³-hybridized carbons (Fsp3) is 0.556. The number of aromatic nitrogens is 4. The fourth-order valence-electron chi connectivity index (χ4n) is 10.9. The van der Waals surface area contributed by atoms with Crippen LogP contribution >= 0.6 is 21.6 Å². The molecular weight excluding hydrogens is 1270 g/mol. The van der Waals surface area contributed by atoms with Crippen molar-refractivity contribution in [1.82, 2.24) is 72.7 Å². The molecule has 2 aliphatic heterocycles. The number of phenolic OH excluding ortho intramolecular Hbond substituents is 1. The molecule has 2 aromatic heterocycles. The van der Waals surface area contributed by atoms with Gasteiger partial charge in [-0.3, -0.25) is 53.3 Å². The van der Waals surface area contributed by atoms with Gasteiger partial charge in [0.1, 0.15) is 60.5 Å². The predicted molar refractivity (Wildman–Crippen MR) is 353 cm³/mol. The summed E-state index contributed by atoms with van der Waals surface area (Å²) in [6, 6.07) is -0.296. The Labute approximate surface area is 559 Å². The highest BCUT2D eigenvalue weighted by atomic mass is 33.1. The standard InChI is InChI=1S/C63H92N16O14S2/c1-7-35(6)52(62(92)70-42(53(65)83)20-33(2)3)78-59(89)46(25-39-28-67-32-69-39)73-60(90)48-29-94-95-30-49(77-57(87)45(24-38-27-66-31-68-38)71-54(84)41(64)22-36-12-9-8-10-13-36)63(93)79-19-11-14-50(79)61(91)75-44(23-37-15-17-40(80)18-16-37)56(86)74-47(26-51(81)82)58(88)72-43(21-34(4)5)55(85)76-48/h8-10,12-13,15-18,27-28,31-35,41-50,52-53,55,76,80,83,85H,7,11,14,19-26,29-30,64-65H2,1-6H3,(H,66,68)(H,67,69)(H,70,92)(H,71,84)(H,72,88)(H,73,90)(H,74,86)(H,75,91)(H,77,87)(H,78,89)(H,81,82)/t35?,41-,42-,43-,44-,45-,46-,47-,48-,49-,50-,52-,53-,55?/m0/s1. The van der Waals surface area contributed by atoms with Gasteiger partial charge in [-0.15, -0.1) is 0 Å². The summed E-state index contributed by atoms with van der Waals surface area (Å²) in [5.41, 5.74) is 14.3. The van der Waals surface area contributed by atoms with Gasteiger partial charge in [-0.25, -0.2) is 9.97 Å². The van der Waals surface area contributed by atoms with E-state index in [2.05, 4.69) is 67.8 Å². The molecule has 2 aromatic carbocycles. The number of nitrogens with zero attached hydrogens (tertiary/aromatic N) is 3. The number of hydrogen-bond acceptors (Lipinski definition) is 20. The lowest BCUT2D eigenvalue weighted by molar-refractivity contribution is -0.142. The molecule has 2 aliphatic rings. The number of benzene rings is 2. The Bertz CT molecular complexity index is 3170. The maximum absolute atomic E-state index is 15.3. The van der Waals surface area contributed by atoms with Gasteiger partial charge in [0.05, 0.1) is 43.2 Å². The molecule has 30 nitrogen and oxygen atoms in total. The molecule has 4 aromatic rings. The number of aliphatic hydroxyl groups is 2. The summed E-state index contributed by atoms with van der Waals surface area (Å²) >= 11 is 0. The van der Waals surface area contributed by atoms with Crippen molar-refractivity contribution in [3.63, 3.8) is 0 Å². The predicted octanol–water partition coefficient (Wildman–Crippen LogP) is -1.13. The summed E-state index contributed by atoms with van der Waals surface area (Å²) < 4.78 is 0. The molecule has 0 bridgehead atoms. The van der Waals surface area contributed by atoms with E-state index >= 15 is 9.59 Å². The number of aliphatic carboxylic acids is 1. The zero-order valence-electron chi connectivity index (χ0n) is 54.1. The number of fused-ring (bicyclic) bond motifs is 1. The zero-order valence-corrected chi connectivity index (χ0v) is 55.8. The lowest BCUT2D eigenvalue weighted by atomic mass is 9.96. The number of carboxylic acids is 1. The van der Waals surface area contributed by atoms with Gasteiger partial charge in [0.15, 0.2) is 0 Å². The molecule has 4 heterocycles. The van der Waals surface area contributed by atoms with E-state index in [-0.39, 0.29) is 80.6 Å². The Kier molecular flexibility index (Phi) is 29.7. The number of carbonyl (C=O) groups excluding carboxylic acids is 9. The van der Waals surface area contributed by atoms with E-state index in [4.69, 9.17) is 11.5 Å². The lowest BCUT2D eigenvalue weighted by Gasteiger charge is -2.33. The third-order valence-electron chi connectivity index (χ3n) is 16.3. The summed E-state index contributed by atoms with van der Waals surface area (Å²) in [5, 5.41) is 67.5. The van der Waals surface area contributed by atoms with Crippen molar-refractivity contribution in [2.45, 2.75) is 185 Å². The van der Waals surface area contributed by atoms with Gasteiger partial charge in [0, 0.05) is 61.1 Å². The third kappa shape index (κ3) is 23.9. The van der Waals surface area contributed by atoms with Crippen LogP contribution in [0.25, 0.3) is 0 Å². The second kappa shape index (κ2) is 37.2. The first-order valence-electron chi connectivity index (χ1n) is 31.8. The van der Waals surface area contributed by atoms with E-state index in [1.807, 2.05) is 26.8 Å². The molecule has 0 saturated carbocycles. The van der Waals surface area contributed by atoms with Crippen molar-refractivity contribution in [3.8, 4) is 5.75 Å². The topological polar surface area (TPSA) is 473 Å². The Balaban J connectivity index is 1.40. The molecule has 95 heavy (non-hydrogen) atoms. The normalized spacial score (nSPS) is 22.4. The quantitative estimate of drug-likeness (QED) is 0.0248. The van der Waals surface area contributed by atoms with E-state index < -0.39 is 150 Å². The van der Waals surface area contributed by atoms with Crippen molar-refractivity contribution in [1.29, 1.82) is 0 Å². The van der Waals surface area contributed by atoms with E-state index in [9.17, 15) is 58.8 Å². The molecule has 6 rings (SSSR count). The van der Waals surface area contributed by atoms with Crippen molar-refractivity contribution in [2.75, 3.05) is 18.1 Å². The number of carbonyl (C=O) groups is 10. The summed E-state index contributed by atoms with van der Waals surface area (Å²) in [6.45, 7) is 10.8. The molecule has 520 valence electrons. The molecule has 2 unspecified atom stereocenters. The zero-order chi connectivity index (χ0) is 69.5. The number of aromatic hydroxyl groups is 1. The molecule has 0 radical (unpaired) electrons. The monoisotopic (exact) mass is 1360 g/mol. The van der Waals surface area contributed by atoms with Gasteiger partial charge in [-0.1, -0.05) is 112 Å². The van der Waals surface area contributed by atoms with Gasteiger partial charge in [0.25, 0.3) is 0 Å². The number of hydrogen-bond donors (Lipinski definition) is 17. The molecule has 2 saturated heterocycles. The highest BCUT2D eigenvalue weighted by molar-refractivity contribution is 8.76. The summed E-state index contributed by atoms with van der Waals surface area (Å²) in [6.07, 6.45) is 1.96. The first kappa shape index (κ1) is 75.9. The van der Waals surface area contributed by atoms with Crippen LogP contribution in [0.1, 0.15) is 103 Å². The summed E-state index contributed by atoms with van der Waals surface area (Å²) in [4.78, 5) is 159. The van der Waals surface area contributed by atoms with Crippen molar-refractivity contribution < 1.29 is 68.4 Å². The minimum atomic E-state index is -1.84. The van der Waals surface area contributed by atoms with Crippen LogP contribution in [0.3, 0.4) is 0 Å². The van der Waals surface area contributed by atoms with Crippen LogP contribution in [0.5, 0.6) is 5.75 Å². The summed E-state index contributed by atoms with van der Waals surface area (Å²) in [7, 11) is 1.99. The number of amides is 9. The largest absolute Gasteiger partial charge is 0.508 e. The maximum atomic E-state index is 15.3. The molecule has 2 fully saturated rings. The van der Waals surface area contributed by atoms with Gasteiger partial charge in [0.2, 0.25) is 53.2 Å². The van der Waals surface area contributed by atoms with Crippen LogP contribution in [-0.4, -0.2) is 201 Å². The molecule has 0 aliphatic carbocycles. The van der Waals surface area contributed by atoms with Gasteiger partial charge in [-0.2, -0.15) is 0 Å². The van der Waals surface area contributed by atoms with Gasteiger partial charge >= 0.3 is 5.97 Å². The highest BCUT2D eigenvalue weighted by Crippen LogP contribution is 2.27. The minimum absolute atomic E-state index is 0.00526. The Morgan fingerprint density at radius 2 is 1.34 bits per heavy atom. The number of nitrogens with two attached hydrogens (primary N) is 2. The second-order valence-corrected chi connectivity index (χ2v) is 27.5. The average molecular weight is 1360 g/mol. The molecule has 14 atom stereocenters.